The van der Waals surface area contributed by atoms with Gasteiger partial charge in [0, 0.05) is 29.8 Å². The van der Waals surface area contributed by atoms with Gasteiger partial charge in [0.2, 0.25) is 0 Å². The highest BCUT2D eigenvalue weighted by Gasteiger charge is 2.53. The molecule has 3 aromatic rings. The minimum atomic E-state index is -3.54. The third-order valence-electron chi connectivity index (χ3n) is 9.45. The normalized spacial score (nSPS) is 21.2. The molecule has 12 nitrogen and oxygen atoms in total. The molecule has 2 amide bonds. The van der Waals surface area contributed by atoms with E-state index in [1.165, 1.54) is 18.5 Å². The lowest BCUT2D eigenvalue weighted by Gasteiger charge is -2.47. The Morgan fingerprint density at radius 3 is 2.34 bits per heavy atom. The number of tetrazole rings is 1. The lowest BCUT2D eigenvalue weighted by atomic mass is 9.69. The number of carbonyl (C=O) groups excluding carboxylic acids is 2. The van der Waals surface area contributed by atoms with E-state index < -0.39 is 15.5 Å². The predicted molar refractivity (Wildman–Crippen MR) is 178 cm³/mol. The van der Waals surface area contributed by atoms with Crippen LogP contribution in [0.25, 0.3) is 0 Å². The first-order chi connectivity index (χ1) is 22.0. The summed E-state index contributed by atoms with van der Waals surface area (Å²) in [6.45, 7) is 13.5. The van der Waals surface area contributed by atoms with Crippen LogP contribution < -0.4 is 5.32 Å². The van der Waals surface area contributed by atoms with E-state index in [9.17, 15) is 18.0 Å². The molecule has 1 aromatic carbocycles. The number of benzene rings is 1. The molecule has 1 aliphatic carbocycles. The van der Waals surface area contributed by atoms with Gasteiger partial charge in [-0.3, -0.25) is 19.6 Å². The largest absolute Gasteiger partial charge is 0.345 e. The van der Waals surface area contributed by atoms with Gasteiger partial charge < -0.3 is 10.2 Å². The number of hydrogen-bond acceptors (Lipinski definition) is 9. The second kappa shape index (κ2) is 12.9. The average molecular weight is 663 g/mol. The molecule has 13 heteroatoms. The van der Waals surface area contributed by atoms with Gasteiger partial charge in [0.15, 0.2) is 15.7 Å². The van der Waals surface area contributed by atoms with Crippen molar-refractivity contribution in [2.75, 3.05) is 6.26 Å². The van der Waals surface area contributed by atoms with Crippen molar-refractivity contribution in [2.24, 2.45) is 21.7 Å². The summed E-state index contributed by atoms with van der Waals surface area (Å²) in [5.41, 5.74) is 1.38. The van der Waals surface area contributed by atoms with Crippen LogP contribution in [0.3, 0.4) is 0 Å². The fourth-order valence-electron chi connectivity index (χ4n) is 6.67. The molecule has 1 saturated carbocycles. The fraction of sp³-hybridized carbons (Fsp3) is 0.559. The minimum Gasteiger partial charge on any atom is -0.345 e. The Bertz CT molecular complexity index is 1730. The topological polar surface area (TPSA) is 163 Å². The SMILES string of the molecule is CC(C)(C)CC[C@H](c1ccc(C(=O)NCc2nn[nH]n2)cc1)N1C(=O)C(c2cncc(S(C)(=O)=O)c2)=NC12CCC(C(C)(C)C)CC2. The zero-order valence-corrected chi connectivity index (χ0v) is 29.2. The quantitative estimate of drug-likeness (QED) is 0.321. The van der Waals surface area contributed by atoms with Crippen LogP contribution in [0.1, 0.15) is 113 Å². The van der Waals surface area contributed by atoms with Crippen molar-refractivity contribution >= 4 is 27.4 Å². The van der Waals surface area contributed by atoms with E-state index in [1.807, 2.05) is 17.0 Å². The van der Waals surface area contributed by atoms with E-state index in [0.717, 1.165) is 31.1 Å². The number of rotatable bonds is 9. The van der Waals surface area contributed by atoms with Gasteiger partial charge >= 0.3 is 0 Å². The number of aliphatic imine (C=N–C) groups is 1. The second-order valence-corrected chi connectivity index (χ2v) is 17.2. The van der Waals surface area contributed by atoms with Gasteiger partial charge in [-0.25, -0.2) is 8.42 Å². The molecular weight excluding hydrogens is 616 g/mol. The van der Waals surface area contributed by atoms with Crippen molar-refractivity contribution in [3.05, 3.63) is 65.2 Å². The third-order valence-corrected chi connectivity index (χ3v) is 10.5. The van der Waals surface area contributed by atoms with Crippen LogP contribution in [-0.2, 0) is 21.2 Å². The lowest BCUT2D eigenvalue weighted by molar-refractivity contribution is -0.134. The summed E-state index contributed by atoms with van der Waals surface area (Å²) in [5, 5.41) is 16.4. The van der Waals surface area contributed by atoms with Gasteiger partial charge in [0.05, 0.1) is 17.5 Å². The molecule has 5 rings (SSSR count). The molecule has 1 fully saturated rings. The van der Waals surface area contributed by atoms with Crippen molar-refractivity contribution in [1.82, 2.24) is 35.8 Å². The maximum absolute atomic E-state index is 14.7. The van der Waals surface area contributed by atoms with Gasteiger partial charge in [0.1, 0.15) is 11.4 Å². The number of aromatic amines is 1. The third kappa shape index (κ3) is 7.77. The number of pyridine rings is 1. The molecule has 2 aliphatic rings. The van der Waals surface area contributed by atoms with E-state index in [-0.39, 0.29) is 45.8 Å². The molecule has 252 valence electrons. The molecule has 0 bridgehead atoms. The predicted octanol–water partition coefficient (Wildman–Crippen LogP) is 5.06. The Labute approximate surface area is 277 Å². The van der Waals surface area contributed by atoms with E-state index in [1.54, 1.807) is 12.1 Å². The monoisotopic (exact) mass is 662 g/mol. The molecule has 0 saturated heterocycles. The molecule has 0 radical (unpaired) electrons. The smallest absolute Gasteiger partial charge is 0.275 e. The van der Waals surface area contributed by atoms with Gasteiger partial charge in [-0.15, -0.1) is 10.2 Å². The summed E-state index contributed by atoms with van der Waals surface area (Å²) < 4.78 is 24.8. The summed E-state index contributed by atoms with van der Waals surface area (Å²) >= 11 is 0. The maximum Gasteiger partial charge on any atom is 0.275 e. The zero-order valence-electron chi connectivity index (χ0n) is 28.4. The van der Waals surface area contributed by atoms with Crippen LogP contribution in [0.4, 0.5) is 0 Å². The Morgan fingerprint density at radius 2 is 1.77 bits per heavy atom. The number of carbonyl (C=O) groups is 2. The molecule has 3 heterocycles. The summed E-state index contributed by atoms with van der Waals surface area (Å²) in [6.07, 6.45) is 8.71. The number of amides is 2. The van der Waals surface area contributed by atoms with Crippen molar-refractivity contribution in [1.29, 1.82) is 0 Å². The molecule has 0 unspecified atom stereocenters. The van der Waals surface area contributed by atoms with E-state index in [2.05, 4.69) is 72.5 Å². The molecule has 1 atom stereocenters. The first-order valence-electron chi connectivity index (χ1n) is 16.2. The van der Waals surface area contributed by atoms with Crippen LogP contribution >= 0.6 is 0 Å². The van der Waals surface area contributed by atoms with Gasteiger partial charge in [0.25, 0.3) is 11.8 Å². The Kier molecular flexibility index (Phi) is 9.42. The second-order valence-electron chi connectivity index (χ2n) is 15.2. The van der Waals surface area contributed by atoms with Crippen molar-refractivity contribution in [3.8, 4) is 0 Å². The number of aromatic nitrogens is 5. The van der Waals surface area contributed by atoms with Gasteiger partial charge in [-0.05, 0) is 79.0 Å². The Balaban J connectivity index is 1.53. The number of nitrogens with zero attached hydrogens (tertiary/aromatic N) is 6. The van der Waals surface area contributed by atoms with E-state index in [4.69, 9.17) is 4.99 Å². The Morgan fingerprint density at radius 1 is 1.09 bits per heavy atom. The van der Waals surface area contributed by atoms with Crippen LogP contribution in [-0.4, -0.2) is 68.4 Å². The number of H-pyrrole nitrogens is 1. The minimum absolute atomic E-state index is 0.00445. The van der Waals surface area contributed by atoms with Crippen molar-refractivity contribution < 1.29 is 18.0 Å². The van der Waals surface area contributed by atoms with Crippen LogP contribution in [0.5, 0.6) is 0 Å². The molecule has 1 aliphatic heterocycles. The number of sulfone groups is 1. The molecule has 2 N–H and O–H groups in total. The zero-order chi connectivity index (χ0) is 34.2. The highest BCUT2D eigenvalue weighted by atomic mass is 32.2. The maximum atomic E-state index is 14.7. The van der Waals surface area contributed by atoms with E-state index >= 15 is 0 Å². The summed E-state index contributed by atoms with van der Waals surface area (Å²) in [5.74, 6) is 0.361. The first-order valence-corrected chi connectivity index (χ1v) is 18.1. The number of hydrogen-bond donors (Lipinski definition) is 2. The Hall–Kier alpha value is -4.00. The van der Waals surface area contributed by atoms with Crippen molar-refractivity contribution in [3.63, 3.8) is 0 Å². The average Bonchev–Trinajstić information content (AvgIpc) is 3.62. The highest BCUT2D eigenvalue weighted by Crippen LogP contribution is 2.50. The van der Waals surface area contributed by atoms with Gasteiger partial charge in [-0.1, -0.05) is 58.9 Å². The van der Waals surface area contributed by atoms with Crippen molar-refractivity contribution in [2.45, 2.75) is 103 Å². The van der Waals surface area contributed by atoms with Crippen LogP contribution in [0.15, 0.2) is 52.6 Å². The summed E-state index contributed by atoms with van der Waals surface area (Å²) in [6, 6.07) is 8.57. The first kappa shape index (κ1) is 34.3. The van der Waals surface area contributed by atoms with Gasteiger partial charge in [-0.2, -0.15) is 5.21 Å². The molecule has 2 aromatic heterocycles. The van der Waals surface area contributed by atoms with E-state index in [0.29, 0.717) is 42.1 Å². The number of nitrogens with one attached hydrogen (secondary N) is 2. The fourth-order valence-corrected chi connectivity index (χ4v) is 7.27. The summed E-state index contributed by atoms with van der Waals surface area (Å²) in [7, 11) is -3.54. The van der Waals surface area contributed by atoms with Crippen LogP contribution in [0, 0.1) is 16.7 Å². The standard InChI is InChI=1S/C34H46N8O4S/c1-32(2,3)15-14-27(22-8-10-23(11-9-22)30(43)36-21-28-38-40-41-39-28)42-31(44)29(24-18-26(20-35-19-24)47(7,45)46)37-34(42)16-12-25(13-17-34)33(4,5)6/h8-11,18-20,25,27H,12-17,21H2,1-7H3,(H,36,43)(H,38,39,40,41)/t25?,27-,34?/m1/s1. The molecule has 1 spiro atoms. The van der Waals surface area contributed by atoms with Crippen LogP contribution in [0.2, 0.25) is 0 Å². The summed E-state index contributed by atoms with van der Waals surface area (Å²) in [4.78, 5) is 39.0. The lowest BCUT2D eigenvalue weighted by Crippen LogP contribution is -2.51. The highest BCUT2D eigenvalue weighted by molar-refractivity contribution is 7.90. The molecular formula is C34H46N8O4S. The molecule has 47 heavy (non-hydrogen) atoms.